The van der Waals surface area contributed by atoms with Crippen molar-refractivity contribution in [2.45, 2.75) is 9.23 Å². The van der Waals surface area contributed by atoms with Gasteiger partial charge in [-0.25, -0.2) is 13.1 Å². The maximum atomic E-state index is 12.0. The van der Waals surface area contributed by atoms with Crippen molar-refractivity contribution in [3.05, 3.63) is 23.8 Å². The van der Waals surface area contributed by atoms with Crippen molar-refractivity contribution in [1.82, 2.24) is 4.72 Å². The average molecular weight is 339 g/mol. The lowest BCUT2D eigenvalue weighted by Gasteiger charge is -2.11. The predicted octanol–water partition coefficient (Wildman–Crippen LogP) is 1.19. The SMILES string of the molecule is COCCNS(=O)(=O)c1ccc2c(c1)C(Cl)(Cl)C(=O)N2. The maximum Gasteiger partial charge on any atom is 0.265 e. The Morgan fingerprint density at radius 3 is 2.75 bits per heavy atom. The topological polar surface area (TPSA) is 84.5 Å². The van der Waals surface area contributed by atoms with E-state index in [1.54, 1.807) is 0 Å². The second kappa shape index (κ2) is 5.50. The molecule has 6 nitrogen and oxygen atoms in total. The van der Waals surface area contributed by atoms with Crippen LogP contribution < -0.4 is 10.0 Å². The molecule has 1 aromatic rings. The maximum absolute atomic E-state index is 12.0. The van der Waals surface area contributed by atoms with Gasteiger partial charge < -0.3 is 10.1 Å². The molecular formula is C11H12Cl2N2O4S. The molecule has 0 radical (unpaired) electrons. The van der Waals surface area contributed by atoms with Crippen LogP contribution in [0.1, 0.15) is 5.56 Å². The fourth-order valence-corrected chi connectivity index (χ4v) is 3.19. The number of amides is 1. The lowest BCUT2D eigenvalue weighted by atomic mass is 10.1. The molecule has 9 heteroatoms. The Balaban J connectivity index is 2.33. The zero-order valence-electron chi connectivity index (χ0n) is 10.4. The van der Waals surface area contributed by atoms with Crippen LogP contribution >= 0.6 is 23.2 Å². The number of ether oxygens (including phenoxy) is 1. The van der Waals surface area contributed by atoms with Crippen molar-refractivity contribution in [3.63, 3.8) is 0 Å². The molecule has 0 unspecified atom stereocenters. The third kappa shape index (κ3) is 2.77. The van der Waals surface area contributed by atoms with E-state index in [1.807, 2.05) is 0 Å². The molecule has 0 spiro atoms. The second-order valence-corrected chi connectivity index (χ2v) is 7.22. The molecule has 1 heterocycles. The van der Waals surface area contributed by atoms with Crippen LogP contribution in [0.2, 0.25) is 0 Å². The number of halogens is 2. The fourth-order valence-electron chi connectivity index (χ4n) is 1.74. The number of carbonyl (C=O) groups excluding carboxylic acids is 1. The molecule has 20 heavy (non-hydrogen) atoms. The number of fused-ring (bicyclic) bond motifs is 1. The Hall–Kier alpha value is -0.860. The van der Waals surface area contributed by atoms with E-state index in [9.17, 15) is 13.2 Å². The average Bonchev–Trinajstić information content (AvgIpc) is 2.60. The molecule has 1 aliphatic rings. The van der Waals surface area contributed by atoms with Crippen molar-refractivity contribution >= 4 is 44.8 Å². The van der Waals surface area contributed by atoms with Crippen molar-refractivity contribution in [1.29, 1.82) is 0 Å². The van der Waals surface area contributed by atoms with Crippen LogP contribution in [0, 0.1) is 0 Å². The Kier molecular flexibility index (Phi) is 4.27. The van der Waals surface area contributed by atoms with Crippen molar-refractivity contribution in [3.8, 4) is 0 Å². The highest BCUT2D eigenvalue weighted by Crippen LogP contribution is 2.45. The number of benzene rings is 1. The minimum Gasteiger partial charge on any atom is -0.383 e. The van der Waals surface area contributed by atoms with Gasteiger partial charge in [-0.15, -0.1) is 0 Å². The van der Waals surface area contributed by atoms with Crippen LogP contribution in [0.5, 0.6) is 0 Å². The van der Waals surface area contributed by atoms with Gasteiger partial charge in [0.25, 0.3) is 5.91 Å². The van der Waals surface area contributed by atoms with Crippen LogP contribution in [-0.2, 0) is 23.9 Å². The van der Waals surface area contributed by atoms with E-state index in [1.165, 1.54) is 25.3 Å². The van der Waals surface area contributed by atoms with Gasteiger partial charge in [-0.1, -0.05) is 23.2 Å². The molecule has 1 aromatic carbocycles. The molecule has 1 aliphatic heterocycles. The molecule has 110 valence electrons. The summed E-state index contributed by atoms with van der Waals surface area (Å²) in [6.45, 7) is 0.388. The molecule has 1 amide bonds. The van der Waals surface area contributed by atoms with E-state index in [0.717, 1.165) is 0 Å². The summed E-state index contributed by atoms with van der Waals surface area (Å²) >= 11 is 11.8. The number of carbonyl (C=O) groups is 1. The first-order valence-electron chi connectivity index (χ1n) is 5.61. The number of sulfonamides is 1. The van der Waals surface area contributed by atoms with Crippen LogP contribution in [0.3, 0.4) is 0 Å². The molecule has 0 aliphatic carbocycles. The van der Waals surface area contributed by atoms with Gasteiger partial charge >= 0.3 is 0 Å². The fraction of sp³-hybridized carbons (Fsp3) is 0.364. The first-order valence-corrected chi connectivity index (χ1v) is 7.85. The van der Waals surface area contributed by atoms with Gasteiger partial charge in [0.05, 0.1) is 11.5 Å². The first-order chi connectivity index (χ1) is 9.29. The molecule has 0 saturated heterocycles. The highest BCUT2D eigenvalue weighted by atomic mass is 35.5. The molecule has 2 N–H and O–H groups in total. The van der Waals surface area contributed by atoms with Gasteiger partial charge in [0, 0.05) is 24.9 Å². The van der Waals surface area contributed by atoms with E-state index in [0.29, 0.717) is 5.69 Å². The minimum atomic E-state index is -3.71. The predicted molar refractivity (Wildman–Crippen MR) is 75.5 cm³/mol. The number of alkyl halides is 2. The minimum absolute atomic E-state index is 0.0190. The summed E-state index contributed by atoms with van der Waals surface area (Å²) in [4.78, 5) is 11.5. The lowest BCUT2D eigenvalue weighted by molar-refractivity contribution is -0.116. The molecular weight excluding hydrogens is 327 g/mol. The highest BCUT2D eigenvalue weighted by molar-refractivity contribution is 7.89. The van der Waals surface area contributed by atoms with E-state index >= 15 is 0 Å². The van der Waals surface area contributed by atoms with Gasteiger partial charge in [-0.05, 0) is 18.2 Å². The standard InChI is InChI=1S/C11H12Cl2N2O4S/c1-19-5-4-14-20(17,18)7-2-3-9-8(6-7)11(12,13)10(16)15-9/h2-3,6,14H,4-5H2,1H3,(H,15,16). The van der Waals surface area contributed by atoms with Gasteiger partial charge in [0.1, 0.15) is 0 Å². The quantitative estimate of drug-likeness (QED) is 0.624. The third-order valence-corrected chi connectivity index (χ3v) is 4.98. The Labute approximate surface area is 126 Å². The summed E-state index contributed by atoms with van der Waals surface area (Å²) in [6, 6.07) is 4.09. The number of hydrogen-bond acceptors (Lipinski definition) is 4. The zero-order valence-corrected chi connectivity index (χ0v) is 12.8. The largest absolute Gasteiger partial charge is 0.383 e. The van der Waals surface area contributed by atoms with Gasteiger partial charge in [0.15, 0.2) is 0 Å². The summed E-state index contributed by atoms with van der Waals surface area (Å²) in [5.74, 6) is -0.599. The van der Waals surface area contributed by atoms with Crippen molar-refractivity contribution < 1.29 is 17.9 Å². The van der Waals surface area contributed by atoms with E-state index in [2.05, 4.69) is 10.0 Å². The smallest absolute Gasteiger partial charge is 0.265 e. The molecule has 0 fully saturated rings. The normalized spacial score (nSPS) is 16.9. The van der Waals surface area contributed by atoms with Crippen LogP contribution in [0.25, 0.3) is 0 Å². The van der Waals surface area contributed by atoms with Crippen LogP contribution in [-0.4, -0.2) is 34.6 Å². The Bertz CT molecular complexity index is 646. The summed E-state index contributed by atoms with van der Waals surface area (Å²) < 4.78 is 29.4. The number of hydrogen-bond donors (Lipinski definition) is 2. The van der Waals surface area contributed by atoms with Crippen LogP contribution in [0.4, 0.5) is 5.69 Å². The number of rotatable bonds is 5. The van der Waals surface area contributed by atoms with Gasteiger partial charge in [-0.3, -0.25) is 4.79 Å². The van der Waals surface area contributed by atoms with Crippen molar-refractivity contribution in [2.75, 3.05) is 25.6 Å². The molecule has 0 aromatic heterocycles. The monoisotopic (exact) mass is 338 g/mol. The summed E-state index contributed by atoms with van der Waals surface area (Å²) in [7, 11) is -2.24. The summed E-state index contributed by atoms with van der Waals surface area (Å²) in [5, 5.41) is 2.48. The van der Waals surface area contributed by atoms with E-state index in [4.69, 9.17) is 27.9 Å². The number of methoxy groups -OCH3 is 1. The Morgan fingerprint density at radius 1 is 1.40 bits per heavy atom. The van der Waals surface area contributed by atoms with Gasteiger partial charge in [0.2, 0.25) is 14.4 Å². The molecule has 0 bridgehead atoms. The number of anilines is 1. The van der Waals surface area contributed by atoms with E-state index in [-0.39, 0.29) is 23.6 Å². The van der Waals surface area contributed by atoms with Crippen molar-refractivity contribution in [2.24, 2.45) is 0 Å². The Morgan fingerprint density at radius 2 is 2.10 bits per heavy atom. The first kappa shape index (κ1) is 15.5. The molecule has 2 rings (SSSR count). The lowest BCUT2D eigenvalue weighted by Crippen LogP contribution is -2.27. The molecule has 0 saturated carbocycles. The number of nitrogens with one attached hydrogen (secondary N) is 2. The zero-order chi connectivity index (χ0) is 15.0. The van der Waals surface area contributed by atoms with Crippen LogP contribution in [0.15, 0.2) is 23.1 Å². The summed E-state index contributed by atoms with van der Waals surface area (Å²) in [5.41, 5.74) is 0.622. The molecule has 0 atom stereocenters. The third-order valence-electron chi connectivity index (χ3n) is 2.77. The van der Waals surface area contributed by atoms with E-state index < -0.39 is 20.3 Å². The highest BCUT2D eigenvalue weighted by Gasteiger charge is 2.44. The van der Waals surface area contributed by atoms with Gasteiger partial charge in [-0.2, -0.15) is 0 Å². The second-order valence-electron chi connectivity index (χ2n) is 4.13. The summed E-state index contributed by atoms with van der Waals surface area (Å²) in [6.07, 6.45) is 0.